The summed E-state index contributed by atoms with van der Waals surface area (Å²) in [6.45, 7) is 9.08. The molecule has 1 saturated heterocycles. The van der Waals surface area contributed by atoms with E-state index in [-0.39, 0.29) is 11.3 Å². The third-order valence-corrected chi connectivity index (χ3v) is 3.99. The number of carbonyl (C=O) groups excluding carboxylic acids is 1. The smallest absolute Gasteiger partial charge is 0.254 e. The van der Waals surface area contributed by atoms with E-state index in [1.165, 1.54) is 0 Å². The second kappa shape index (κ2) is 5.30. The molecule has 0 bridgehead atoms. The Morgan fingerprint density at radius 1 is 1.33 bits per heavy atom. The fourth-order valence-electron chi connectivity index (χ4n) is 2.43. The van der Waals surface area contributed by atoms with Gasteiger partial charge >= 0.3 is 0 Å². The first-order valence-electron chi connectivity index (χ1n) is 7.38. The minimum atomic E-state index is -0.662. The van der Waals surface area contributed by atoms with Gasteiger partial charge in [-0.15, -0.1) is 0 Å². The number of aromatic nitrogens is 1. The maximum absolute atomic E-state index is 12.6. The molecule has 1 amide bonds. The number of amides is 1. The monoisotopic (exact) mass is 291 g/mol. The van der Waals surface area contributed by atoms with Crippen molar-refractivity contribution in [3.63, 3.8) is 0 Å². The maximum atomic E-state index is 12.6. The van der Waals surface area contributed by atoms with Crippen molar-refractivity contribution in [3.8, 4) is 0 Å². The number of aliphatic hydroxyl groups is 1. The average Bonchev–Trinajstić information content (AvgIpc) is 2.36. The summed E-state index contributed by atoms with van der Waals surface area (Å²) < 4.78 is 0. The van der Waals surface area contributed by atoms with Crippen LogP contribution in [0.25, 0.3) is 0 Å². The minimum Gasteiger partial charge on any atom is -0.390 e. The van der Waals surface area contributed by atoms with Crippen LogP contribution < -0.4 is 5.73 Å². The summed E-state index contributed by atoms with van der Waals surface area (Å²) in [7, 11) is 0. The summed E-state index contributed by atoms with van der Waals surface area (Å²) in [5.74, 6) is 0.333. The summed E-state index contributed by atoms with van der Waals surface area (Å²) >= 11 is 0. The van der Waals surface area contributed by atoms with Gasteiger partial charge in [-0.3, -0.25) is 4.79 Å². The van der Waals surface area contributed by atoms with Crippen LogP contribution in [0.4, 0.5) is 5.82 Å². The van der Waals surface area contributed by atoms with Crippen LogP contribution in [0.2, 0.25) is 0 Å². The number of nitrogens with zero attached hydrogens (tertiary/aromatic N) is 2. The summed E-state index contributed by atoms with van der Waals surface area (Å²) in [4.78, 5) is 18.7. The number of rotatable bonds is 1. The second-order valence-electron chi connectivity index (χ2n) is 7.21. The second-order valence-corrected chi connectivity index (χ2v) is 7.21. The van der Waals surface area contributed by atoms with Gasteiger partial charge in [-0.2, -0.15) is 0 Å². The number of nitrogen functional groups attached to an aromatic ring is 1. The van der Waals surface area contributed by atoms with Crippen molar-refractivity contribution in [1.82, 2.24) is 9.88 Å². The van der Waals surface area contributed by atoms with Crippen molar-refractivity contribution in [2.75, 3.05) is 18.8 Å². The Hall–Kier alpha value is -1.62. The first kappa shape index (κ1) is 15.8. The van der Waals surface area contributed by atoms with Crippen LogP contribution in [0.3, 0.4) is 0 Å². The number of hydrogen-bond acceptors (Lipinski definition) is 4. The van der Waals surface area contributed by atoms with Gasteiger partial charge in [-0.25, -0.2) is 4.98 Å². The van der Waals surface area contributed by atoms with Crippen LogP contribution in [0.1, 0.15) is 56.6 Å². The molecule has 0 aliphatic carbocycles. The molecule has 0 spiro atoms. The zero-order valence-electron chi connectivity index (χ0n) is 13.3. The molecular weight excluding hydrogens is 266 g/mol. The largest absolute Gasteiger partial charge is 0.390 e. The predicted octanol–water partition coefficient (Wildman–Crippen LogP) is 1.95. The lowest BCUT2D eigenvalue weighted by atomic mass is 9.90. The average molecular weight is 291 g/mol. The van der Waals surface area contributed by atoms with Crippen LogP contribution in [-0.2, 0) is 5.41 Å². The standard InChI is InChI=1S/C16H25N3O2/c1-15(2,3)12-9-11(10-13(17)18-12)14(20)19-7-5-16(4,21)6-8-19/h9-10,21H,5-8H2,1-4H3,(H2,17,18). The molecule has 5 heteroatoms. The van der Waals surface area contributed by atoms with Crippen molar-refractivity contribution in [1.29, 1.82) is 0 Å². The number of nitrogens with two attached hydrogens (primary N) is 1. The first-order chi connectivity index (χ1) is 9.58. The Morgan fingerprint density at radius 2 is 1.90 bits per heavy atom. The van der Waals surface area contributed by atoms with Gasteiger partial charge in [0, 0.05) is 29.8 Å². The fourth-order valence-corrected chi connectivity index (χ4v) is 2.43. The molecule has 2 rings (SSSR count). The number of carbonyl (C=O) groups is 1. The molecule has 0 radical (unpaired) electrons. The van der Waals surface area contributed by atoms with Gasteiger partial charge in [0.15, 0.2) is 0 Å². The van der Waals surface area contributed by atoms with E-state index in [9.17, 15) is 9.90 Å². The number of piperidine rings is 1. The van der Waals surface area contributed by atoms with Crippen LogP contribution in [0.5, 0.6) is 0 Å². The summed E-state index contributed by atoms with van der Waals surface area (Å²) in [6, 6.07) is 3.45. The zero-order chi connectivity index (χ0) is 15.8. The van der Waals surface area contributed by atoms with Gasteiger partial charge in [0.25, 0.3) is 5.91 Å². The predicted molar refractivity (Wildman–Crippen MR) is 83.1 cm³/mol. The molecule has 2 heterocycles. The fraction of sp³-hybridized carbons (Fsp3) is 0.625. The summed E-state index contributed by atoms with van der Waals surface area (Å²) in [5.41, 5.74) is 6.42. The zero-order valence-corrected chi connectivity index (χ0v) is 13.3. The highest BCUT2D eigenvalue weighted by Gasteiger charge is 2.30. The number of hydrogen-bond donors (Lipinski definition) is 2. The molecule has 5 nitrogen and oxygen atoms in total. The van der Waals surface area contributed by atoms with Gasteiger partial charge in [0.2, 0.25) is 0 Å². The SMILES string of the molecule is CC1(O)CCN(C(=O)c2cc(N)nc(C(C)(C)C)c2)CC1. The quantitative estimate of drug-likeness (QED) is 0.829. The van der Waals surface area contributed by atoms with E-state index in [0.29, 0.717) is 37.3 Å². The van der Waals surface area contributed by atoms with E-state index in [0.717, 1.165) is 5.69 Å². The van der Waals surface area contributed by atoms with Crippen LogP contribution in [0, 0.1) is 0 Å². The van der Waals surface area contributed by atoms with Gasteiger partial charge in [0.1, 0.15) is 5.82 Å². The van der Waals surface area contributed by atoms with E-state index in [1.807, 2.05) is 33.8 Å². The third-order valence-electron chi connectivity index (χ3n) is 3.99. The number of pyridine rings is 1. The van der Waals surface area contributed by atoms with Gasteiger partial charge in [-0.1, -0.05) is 20.8 Å². The lowest BCUT2D eigenvalue weighted by molar-refractivity contribution is -0.00203. The molecular formula is C16H25N3O2. The molecule has 0 saturated carbocycles. The minimum absolute atomic E-state index is 0.0369. The van der Waals surface area contributed by atoms with Crippen LogP contribution >= 0.6 is 0 Å². The first-order valence-corrected chi connectivity index (χ1v) is 7.38. The Balaban J connectivity index is 2.22. The van der Waals surface area contributed by atoms with Crippen molar-refractivity contribution < 1.29 is 9.90 Å². The van der Waals surface area contributed by atoms with Crippen molar-refractivity contribution >= 4 is 11.7 Å². The highest BCUT2D eigenvalue weighted by Crippen LogP contribution is 2.25. The Labute approximate surface area is 126 Å². The lowest BCUT2D eigenvalue weighted by Crippen LogP contribution is -2.45. The van der Waals surface area contributed by atoms with Crippen LogP contribution in [0.15, 0.2) is 12.1 Å². The maximum Gasteiger partial charge on any atom is 0.254 e. The van der Waals surface area contributed by atoms with Gasteiger partial charge in [-0.05, 0) is 31.9 Å². The molecule has 0 unspecified atom stereocenters. The Bertz CT molecular complexity index is 537. The highest BCUT2D eigenvalue weighted by molar-refractivity contribution is 5.95. The van der Waals surface area contributed by atoms with Crippen molar-refractivity contribution in [2.45, 2.75) is 51.6 Å². The van der Waals surface area contributed by atoms with Crippen LogP contribution in [-0.4, -0.2) is 39.6 Å². The molecule has 0 aromatic carbocycles. The molecule has 3 N–H and O–H groups in total. The molecule has 1 aliphatic heterocycles. The Morgan fingerprint density at radius 3 is 2.43 bits per heavy atom. The summed E-state index contributed by atoms with van der Waals surface area (Å²) in [5, 5.41) is 9.97. The molecule has 0 atom stereocenters. The van der Waals surface area contributed by atoms with Crippen molar-refractivity contribution in [3.05, 3.63) is 23.4 Å². The van der Waals surface area contributed by atoms with E-state index in [4.69, 9.17) is 5.73 Å². The molecule has 1 aromatic heterocycles. The van der Waals surface area contributed by atoms with E-state index < -0.39 is 5.60 Å². The van der Waals surface area contributed by atoms with Gasteiger partial charge < -0.3 is 15.7 Å². The molecule has 1 aliphatic rings. The highest BCUT2D eigenvalue weighted by atomic mass is 16.3. The third kappa shape index (κ3) is 3.73. The molecule has 21 heavy (non-hydrogen) atoms. The van der Waals surface area contributed by atoms with Crippen molar-refractivity contribution in [2.24, 2.45) is 0 Å². The topological polar surface area (TPSA) is 79.5 Å². The Kier molecular flexibility index (Phi) is 3.97. The number of likely N-dealkylation sites (tertiary alicyclic amines) is 1. The lowest BCUT2D eigenvalue weighted by Gasteiger charge is -2.36. The van der Waals surface area contributed by atoms with E-state index in [1.54, 1.807) is 11.0 Å². The number of anilines is 1. The summed E-state index contributed by atoms with van der Waals surface area (Å²) in [6.07, 6.45) is 1.21. The molecule has 1 fully saturated rings. The van der Waals surface area contributed by atoms with E-state index in [2.05, 4.69) is 4.98 Å². The molecule has 116 valence electrons. The molecule has 1 aromatic rings. The van der Waals surface area contributed by atoms with E-state index >= 15 is 0 Å². The van der Waals surface area contributed by atoms with Gasteiger partial charge in [0.05, 0.1) is 5.60 Å². The normalized spacial score (nSPS) is 18.6.